The van der Waals surface area contributed by atoms with Crippen LogP contribution < -0.4 is 0 Å². The maximum Gasteiger partial charge on any atom is 0.321 e. The number of carbonyl (C=O) groups is 1. The second kappa shape index (κ2) is 6.17. The Bertz CT molecular complexity index is 760. The second-order valence-corrected chi connectivity index (χ2v) is 16.6. The van der Waals surface area contributed by atoms with E-state index < -0.39 is 11.2 Å². The van der Waals surface area contributed by atoms with Gasteiger partial charge >= 0.3 is 5.97 Å². The Kier molecular flexibility index (Phi) is 4.41. The molecular weight excluding hydrogens is 617 g/mol. The van der Waals surface area contributed by atoms with Gasteiger partial charge in [-0.05, 0) is 69.6 Å². The molecule has 0 radical (unpaired) electrons. The van der Waals surface area contributed by atoms with Gasteiger partial charge in [0.05, 0.1) is 16.8 Å². The third-order valence-electron chi connectivity index (χ3n) is 8.69. The molecule has 8 saturated carbocycles. The van der Waals surface area contributed by atoms with E-state index in [-0.39, 0.29) is 29.9 Å². The first-order valence-electron chi connectivity index (χ1n) is 11.1. The van der Waals surface area contributed by atoms with Crippen molar-refractivity contribution in [3.63, 3.8) is 0 Å². The van der Waals surface area contributed by atoms with Crippen LogP contribution in [0, 0.1) is 11.8 Å². The minimum Gasteiger partial charge on any atom is -0.458 e. The zero-order valence-electron chi connectivity index (χ0n) is 16.7. The Labute approximate surface area is 204 Å². The van der Waals surface area contributed by atoms with Gasteiger partial charge in [0, 0.05) is 26.1 Å². The molecular formula is C22H29ClI2O4. The lowest BCUT2D eigenvalue weighted by molar-refractivity contribution is -0.296. The number of esters is 1. The van der Waals surface area contributed by atoms with E-state index in [0.29, 0.717) is 11.8 Å². The summed E-state index contributed by atoms with van der Waals surface area (Å²) in [5, 5.41) is 11.3. The van der Waals surface area contributed by atoms with Crippen molar-refractivity contribution >= 4 is 62.8 Å². The smallest absolute Gasteiger partial charge is 0.321 e. The van der Waals surface area contributed by atoms with Gasteiger partial charge in [-0.1, -0.05) is 45.2 Å². The maximum absolute atomic E-state index is 12.2. The van der Waals surface area contributed by atoms with Crippen LogP contribution in [-0.4, -0.2) is 46.2 Å². The molecule has 8 rings (SSSR count). The Hall–Kier alpha value is 1.14. The van der Waals surface area contributed by atoms with Crippen LogP contribution in [0.25, 0.3) is 0 Å². The van der Waals surface area contributed by atoms with Crippen molar-refractivity contribution in [3.05, 3.63) is 0 Å². The lowest BCUT2D eigenvalue weighted by Gasteiger charge is -2.68. The average molecular weight is 647 g/mol. The van der Waals surface area contributed by atoms with Gasteiger partial charge in [-0.25, -0.2) is 0 Å². The van der Waals surface area contributed by atoms with Crippen LogP contribution in [0.1, 0.15) is 77.0 Å². The minimum absolute atomic E-state index is 0.0788. The van der Waals surface area contributed by atoms with E-state index in [2.05, 4.69) is 45.2 Å². The summed E-state index contributed by atoms with van der Waals surface area (Å²) in [6.45, 7) is 0. The Morgan fingerprint density at radius 1 is 0.828 bits per heavy atom. The standard InChI is InChI=1S/C22H29ClI2O4/c23-7-16(26)28-20-4-15-2-18(25,9-20)11-22(6-15,13-20)29-21-5-14-1-17(24,10-21)8-19(27,3-14)12-21/h14-15,27H,1-13H2. The summed E-state index contributed by atoms with van der Waals surface area (Å²) < 4.78 is 13.7. The lowest BCUT2D eigenvalue weighted by atomic mass is 9.50. The van der Waals surface area contributed by atoms with Crippen LogP contribution in [-0.2, 0) is 14.3 Å². The van der Waals surface area contributed by atoms with Gasteiger partial charge in [0.2, 0.25) is 0 Å². The van der Waals surface area contributed by atoms with Crippen molar-refractivity contribution in [2.24, 2.45) is 11.8 Å². The number of ether oxygens (including phenoxy) is 2. The predicted molar refractivity (Wildman–Crippen MR) is 127 cm³/mol. The lowest BCUT2D eigenvalue weighted by Crippen LogP contribution is -2.71. The molecule has 0 aromatic heterocycles. The predicted octanol–water partition coefficient (Wildman–Crippen LogP) is 5.08. The highest BCUT2D eigenvalue weighted by molar-refractivity contribution is 14.1. The monoisotopic (exact) mass is 646 g/mol. The first kappa shape index (κ1) is 20.7. The molecule has 4 nitrogen and oxygen atoms in total. The molecule has 0 spiro atoms. The highest BCUT2D eigenvalue weighted by Gasteiger charge is 2.69. The quantitative estimate of drug-likeness (QED) is 0.263. The van der Waals surface area contributed by atoms with Crippen molar-refractivity contribution in [1.82, 2.24) is 0 Å². The highest BCUT2D eigenvalue weighted by Crippen LogP contribution is 2.69. The minimum atomic E-state index is -0.548. The number of rotatable bonds is 4. The van der Waals surface area contributed by atoms with Crippen LogP contribution >= 0.6 is 56.8 Å². The zero-order valence-corrected chi connectivity index (χ0v) is 21.7. The number of aliphatic hydroxyl groups is 1. The van der Waals surface area contributed by atoms with Crippen molar-refractivity contribution in [1.29, 1.82) is 0 Å². The number of alkyl halides is 3. The van der Waals surface area contributed by atoms with Crippen LogP contribution in [0.15, 0.2) is 0 Å². The van der Waals surface area contributed by atoms with Gasteiger partial charge < -0.3 is 14.6 Å². The summed E-state index contributed by atoms with van der Waals surface area (Å²) in [7, 11) is 0. The van der Waals surface area contributed by atoms with E-state index >= 15 is 0 Å². The largest absolute Gasteiger partial charge is 0.458 e. The summed E-state index contributed by atoms with van der Waals surface area (Å²) in [6.07, 6.45) is 12.1. The molecule has 0 heterocycles. The van der Waals surface area contributed by atoms with Crippen LogP contribution in [0.2, 0.25) is 0 Å². The molecule has 8 bridgehead atoms. The fourth-order valence-electron chi connectivity index (χ4n) is 9.40. The first-order chi connectivity index (χ1) is 13.5. The second-order valence-electron chi connectivity index (χ2n) is 11.8. The molecule has 0 aliphatic heterocycles. The fourth-order valence-corrected chi connectivity index (χ4v) is 13.5. The average Bonchev–Trinajstić information content (AvgIpc) is 2.46. The number of halogens is 3. The van der Waals surface area contributed by atoms with Gasteiger partial charge in [0.1, 0.15) is 11.5 Å². The Balaban J connectivity index is 1.33. The van der Waals surface area contributed by atoms with E-state index in [1.54, 1.807) is 0 Å². The molecule has 8 aliphatic carbocycles. The van der Waals surface area contributed by atoms with Crippen molar-refractivity contribution < 1.29 is 19.4 Å². The van der Waals surface area contributed by atoms with Crippen molar-refractivity contribution in [2.45, 2.75) is 106 Å². The molecule has 0 saturated heterocycles. The third kappa shape index (κ3) is 3.34. The van der Waals surface area contributed by atoms with Crippen LogP contribution in [0.5, 0.6) is 0 Å². The number of carbonyl (C=O) groups excluding carboxylic acids is 1. The van der Waals surface area contributed by atoms with Crippen LogP contribution in [0.4, 0.5) is 0 Å². The molecule has 0 aromatic rings. The Morgan fingerprint density at radius 2 is 1.38 bits per heavy atom. The first-order valence-corrected chi connectivity index (χ1v) is 13.7. The van der Waals surface area contributed by atoms with Gasteiger partial charge in [-0.15, -0.1) is 11.6 Å². The summed E-state index contributed by atoms with van der Waals surface area (Å²) >= 11 is 11.1. The van der Waals surface area contributed by atoms with Gasteiger partial charge in [-0.3, -0.25) is 4.79 Å². The zero-order chi connectivity index (χ0) is 20.3. The molecule has 8 fully saturated rings. The highest BCUT2D eigenvalue weighted by atomic mass is 127. The van der Waals surface area contributed by atoms with E-state index in [0.717, 1.165) is 64.2 Å². The summed E-state index contributed by atoms with van der Waals surface area (Å²) in [6, 6.07) is 0. The molecule has 7 heteroatoms. The molecule has 8 aliphatic rings. The molecule has 162 valence electrons. The van der Waals surface area contributed by atoms with Crippen molar-refractivity contribution in [3.8, 4) is 0 Å². The van der Waals surface area contributed by atoms with Crippen molar-refractivity contribution in [2.75, 3.05) is 5.88 Å². The van der Waals surface area contributed by atoms with Gasteiger partial charge in [-0.2, -0.15) is 0 Å². The van der Waals surface area contributed by atoms with Crippen LogP contribution in [0.3, 0.4) is 0 Å². The summed E-state index contributed by atoms with van der Waals surface area (Å²) in [5.74, 6) is 0.763. The van der Waals surface area contributed by atoms with Gasteiger partial charge in [0.15, 0.2) is 0 Å². The van der Waals surface area contributed by atoms with E-state index in [4.69, 9.17) is 21.1 Å². The number of hydrogen-bond acceptors (Lipinski definition) is 4. The number of hydrogen-bond donors (Lipinski definition) is 1. The molecule has 1 N–H and O–H groups in total. The third-order valence-corrected chi connectivity index (χ3v) is 11.3. The summed E-state index contributed by atoms with van der Waals surface area (Å²) in [4.78, 5) is 12.2. The topological polar surface area (TPSA) is 55.8 Å². The fraction of sp³-hybridized carbons (Fsp3) is 0.955. The summed E-state index contributed by atoms with van der Waals surface area (Å²) in [5.41, 5.74) is -1.38. The molecule has 0 amide bonds. The molecule has 8 atom stereocenters. The maximum atomic E-state index is 12.2. The van der Waals surface area contributed by atoms with E-state index in [1.165, 1.54) is 12.8 Å². The molecule has 29 heavy (non-hydrogen) atoms. The molecule has 8 unspecified atom stereocenters. The van der Waals surface area contributed by atoms with Gasteiger partial charge in [0.25, 0.3) is 0 Å². The van der Waals surface area contributed by atoms with E-state index in [1.807, 2.05) is 0 Å². The SMILES string of the molecule is O=C(CCl)OC12CC3CC(I)(C1)CC(OC14CC5CC(O)(CC(I)(C5)C1)C4)(C3)C2. The molecule has 0 aromatic carbocycles. The Morgan fingerprint density at radius 3 is 1.97 bits per heavy atom. The van der Waals surface area contributed by atoms with E-state index in [9.17, 15) is 9.90 Å². The normalized spacial score (nSPS) is 59.3.